The Kier molecular flexibility index (Phi) is 4.29. The van der Waals surface area contributed by atoms with Gasteiger partial charge in [0.05, 0.1) is 6.10 Å². The fraction of sp³-hybridized carbons (Fsp3) is 0.500. The fourth-order valence-corrected chi connectivity index (χ4v) is 1.65. The maximum absolute atomic E-state index is 12.2. The van der Waals surface area contributed by atoms with Gasteiger partial charge in [-0.2, -0.15) is 0 Å². The molecule has 0 saturated heterocycles. The molecule has 0 bridgehead atoms. The van der Waals surface area contributed by atoms with Gasteiger partial charge in [-0.05, 0) is 44.5 Å². The van der Waals surface area contributed by atoms with Crippen molar-refractivity contribution in [3.8, 4) is 5.75 Å². The predicted octanol–water partition coefficient (Wildman–Crippen LogP) is 3.02. The lowest BCUT2D eigenvalue weighted by molar-refractivity contribution is -0.540. The number of ether oxygens (including phenoxy) is 1. The molecule has 19 heavy (non-hydrogen) atoms. The minimum atomic E-state index is -1.62. The van der Waals surface area contributed by atoms with E-state index in [0.717, 1.165) is 0 Å². The number of nitro groups is 1. The van der Waals surface area contributed by atoms with Gasteiger partial charge in [0.2, 0.25) is 5.78 Å². The van der Waals surface area contributed by atoms with Gasteiger partial charge in [-0.1, -0.05) is 0 Å². The zero-order valence-electron chi connectivity index (χ0n) is 11.9. The molecule has 0 aliphatic heterocycles. The van der Waals surface area contributed by atoms with Crippen LogP contribution in [0.4, 0.5) is 0 Å². The van der Waals surface area contributed by atoms with Gasteiger partial charge < -0.3 is 4.74 Å². The number of ketones is 1. The smallest absolute Gasteiger partial charge is 0.278 e. The number of benzene rings is 1. The summed E-state index contributed by atoms with van der Waals surface area (Å²) in [7, 11) is 0. The van der Waals surface area contributed by atoms with Gasteiger partial charge in [0.15, 0.2) is 0 Å². The molecule has 0 fully saturated rings. The van der Waals surface area contributed by atoms with E-state index in [1.807, 2.05) is 13.8 Å². The van der Waals surface area contributed by atoms with Crippen LogP contribution in [0.25, 0.3) is 0 Å². The molecule has 0 heterocycles. The molecule has 0 spiro atoms. The molecule has 0 unspecified atom stereocenters. The minimum Gasteiger partial charge on any atom is -0.491 e. The number of carbonyl (C=O) groups is 1. The highest BCUT2D eigenvalue weighted by atomic mass is 16.6. The molecule has 0 N–H and O–H groups in total. The summed E-state index contributed by atoms with van der Waals surface area (Å²) in [4.78, 5) is 22.5. The van der Waals surface area contributed by atoms with Crippen LogP contribution in [-0.4, -0.2) is 22.3 Å². The van der Waals surface area contributed by atoms with Crippen molar-refractivity contribution >= 4 is 5.78 Å². The van der Waals surface area contributed by atoms with Crippen LogP contribution in [0.15, 0.2) is 18.2 Å². The summed E-state index contributed by atoms with van der Waals surface area (Å²) in [6.07, 6.45) is 0.0381. The Morgan fingerprint density at radius 1 is 1.37 bits per heavy atom. The van der Waals surface area contributed by atoms with E-state index in [2.05, 4.69) is 0 Å². The van der Waals surface area contributed by atoms with E-state index in [1.165, 1.54) is 13.8 Å². The van der Waals surface area contributed by atoms with Crippen LogP contribution in [0.3, 0.4) is 0 Å². The molecular weight excluding hydrogens is 246 g/mol. The number of aryl methyl sites for hydroxylation is 1. The predicted molar refractivity (Wildman–Crippen MR) is 72.3 cm³/mol. The first-order valence-corrected chi connectivity index (χ1v) is 6.13. The largest absolute Gasteiger partial charge is 0.491 e. The molecule has 0 radical (unpaired) electrons. The Hall–Kier alpha value is -1.91. The molecule has 0 aromatic heterocycles. The zero-order chi connectivity index (χ0) is 14.8. The van der Waals surface area contributed by atoms with E-state index in [0.29, 0.717) is 16.9 Å². The molecule has 104 valence electrons. The summed E-state index contributed by atoms with van der Waals surface area (Å²) in [5.74, 6) is 0.161. The Bertz CT molecular complexity index is 506. The molecule has 1 rings (SSSR count). The summed E-state index contributed by atoms with van der Waals surface area (Å²) in [6, 6.07) is 4.97. The Morgan fingerprint density at radius 2 is 1.95 bits per heavy atom. The number of Topliss-reactive ketones (excluding diaryl/α,β-unsaturated/α-hetero) is 1. The van der Waals surface area contributed by atoms with Crippen molar-refractivity contribution in [3.05, 3.63) is 39.4 Å². The Balaban J connectivity index is 3.10. The van der Waals surface area contributed by atoms with Crippen LogP contribution in [0, 0.1) is 17.0 Å². The first-order valence-electron chi connectivity index (χ1n) is 6.13. The van der Waals surface area contributed by atoms with Crippen molar-refractivity contribution in [1.82, 2.24) is 0 Å². The van der Waals surface area contributed by atoms with E-state index in [4.69, 9.17) is 4.74 Å². The van der Waals surface area contributed by atoms with Crippen molar-refractivity contribution in [2.24, 2.45) is 0 Å². The minimum absolute atomic E-state index is 0.0381. The van der Waals surface area contributed by atoms with Crippen molar-refractivity contribution in [1.29, 1.82) is 0 Å². The number of hydrogen-bond acceptors (Lipinski definition) is 4. The lowest BCUT2D eigenvalue weighted by Gasteiger charge is -2.16. The van der Waals surface area contributed by atoms with Crippen LogP contribution >= 0.6 is 0 Å². The van der Waals surface area contributed by atoms with Crippen molar-refractivity contribution < 1.29 is 14.5 Å². The third kappa shape index (κ3) is 3.30. The van der Waals surface area contributed by atoms with Gasteiger partial charge >= 0.3 is 0 Å². The molecule has 5 heteroatoms. The van der Waals surface area contributed by atoms with E-state index in [9.17, 15) is 14.9 Å². The number of rotatable bonds is 5. The molecule has 5 nitrogen and oxygen atoms in total. The molecule has 0 saturated carbocycles. The van der Waals surface area contributed by atoms with E-state index < -0.39 is 16.2 Å². The highest BCUT2D eigenvalue weighted by molar-refractivity contribution is 6.03. The van der Waals surface area contributed by atoms with Gasteiger partial charge in [-0.15, -0.1) is 0 Å². The molecule has 0 aliphatic carbocycles. The Morgan fingerprint density at radius 3 is 2.37 bits per heavy atom. The third-order valence-corrected chi connectivity index (χ3v) is 2.83. The highest BCUT2D eigenvalue weighted by Crippen LogP contribution is 2.23. The second-order valence-electron chi connectivity index (χ2n) is 5.29. The van der Waals surface area contributed by atoms with Crippen molar-refractivity contribution in [3.63, 3.8) is 0 Å². The monoisotopic (exact) mass is 265 g/mol. The average molecular weight is 265 g/mol. The standard InChI is InChI=1S/C14H19NO4/c1-9(2)19-11-6-7-12(10(3)8-11)13(16)14(4,5)15(17)18/h6-9H,1-5H3. The Labute approximate surface area is 112 Å². The quantitative estimate of drug-likeness (QED) is 0.466. The van der Waals surface area contributed by atoms with E-state index in [-0.39, 0.29) is 6.10 Å². The van der Waals surface area contributed by atoms with Crippen LogP contribution in [0.1, 0.15) is 43.6 Å². The fourth-order valence-electron chi connectivity index (χ4n) is 1.65. The lowest BCUT2D eigenvalue weighted by atomic mass is 9.91. The summed E-state index contributed by atoms with van der Waals surface area (Å²) in [5, 5.41) is 10.9. The molecule has 0 atom stereocenters. The third-order valence-electron chi connectivity index (χ3n) is 2.83. The van der Waals surface area contributed by atoms with Gasteiger partial charge in [0.25, 0.3) is 5.54 Å². The number of carbonyl (C=O) groups excluding carboxylic acids is 1. The average Bonchev–Trinajstić information content (AvgIpc) is 2.27. The number of hydrogen-bond donors (Lipinski definition) is 0. The van der Waals surface area contributed by atoms with Crippen LogP contribution in [-0.2, 0) is 0 Å². The molecule has 0 aliphatic rings. The summed E-state index contributed by atoms with van der Waals surface area (Å²) >= 11 is 0. The first-order chi connectivity index (χ1) is 8.66. The van der Waals surface area contributed by atoms with E-state index >= 15 is 0 Å². The first kappa shape index (κ1) is 15.1. The summed E-state index contributed by atoms with van der Waals surface area (Å²) in [5.41, 5.74) is -0.582. The molecule has 0 amide bonds. The van der Waals surface area contributed by atoms with E-state index in [1.54, 1.807) is 25.1 Å². The van der Waals surface area contributed by atoms with Crippen LogP contribution in [0.5, 0.6) is 5.75 Å². The molecular formula is C14H19NO4. The van der Waals surface area contributed by atoms with Crippen molar-refractivity contribution in [2.75, 3.05) is 0 Å². The normalized spacial score (nSPS) is 11.5. The van der Waals surface area contributed by atoms with Gasteiger partial charge in [-0.3, -0.25) is 14.9 Å². The summed E-state index contributed by atoms with van der Waals surface area (Å²) in [6.45, 7) is 8.19. The molecule has 1 aromatic rings. The topological polar surface area (TPSA) is 69.4 Å². The van der Waals surface area contributed by atoms with Crippen LogP contribution in [0.2, 0.25) is 0 Å². The maximum Gasteiger partial charge on any atom is 0.278 e. The van der Waals surface area contributed by atoms with Gasteiger partial charge in [0, 0.05) is 24.3 Å². The SMILES string of the molecule is Cc1cc(OC(C)C)ccc1C(=O)C(C)(C)[N+](=O)[O-]. The lowest BCUT2D eigenvalue weighted by Crippen LogP contribution is -2.40. The van der Waals surface area contributed by atoms with Crippen molar-refractivity contribution in [2.45, 2.75) is 46.3 Å². The number of nitrogens with zero attached hydrogens (tertiary/aromatic N) is 1. The second-order valence-corrected chi connectivity index (χ2v) is 5.29. The maximum atomic E-state index is 12.2. The molecule has 1 aromatic carbocycles. The highest BCUT2D eigenvalue weighted by Gasteiger charge is 2.41. The summed E-state index contributed by atoms with van der Waals surface area (Å²) < 4.78 is 5.52. The van der Waals surface area contributed by atoms with Gasteiger partial charge in [0.1, 0.15) is 5.75 Å². The van der Waals surface area contributed by atoms with Crippen LogP contribution < -0.4 is 4.74 Å². The van der Waals surface area contributed by atoms with Gasteiger partial charge in [-0.25, -0.2) is 0 Å². The zero-order valence-corrected chi connectivity index (χ0v) is 11.9. The second kappa shape index (κ2) is 5.38.